The molecular weight excluding hydrogens is 237 g/mol. The topological polar surface area (TPSA) is 21.3 Å². The van der Waals surface area contributed by atoms with E-state index in [1.165, 1.54) is 6.07 Å². The minimum absolute atomic E-state index is 0.235. The number of halogens is 2. The molecule has 1 aliphatic rings. The van der Waals surface area contributed by atoms with Crippen molar-refractivity contribution < 1.29 is 9.13 Å². The van der Waals surface area contributed by atoms with Gasteiger partial charge in [0, 0.05) is 4.47 Å². The van der Waals surface area contributed by atoms with Crippen LogP contribution in [0.15, 0.2) is 22.7 Å². The first-order valence-corrected chi connectivity index (χ1v) is 4.85. The van der Waals surface area contributed by atoms with Gasteiger partial charge >= 0.3 is 0 Å². The van der Waals surface area contributed by atoms with Crippen LogP contribution in [-0.4, -0.2) is 19.3 Å². The zero-order chi connectivity index (χ0) is 9.26. The van der Waals surface area contributed by atoms with Crippen LogP contribution in [0.2, 0.25) is 0 Å². The Morgan fingerprint density at radius 3 is 2.77 bits per heavy atom. The van der Waals surface area contributed by atoms with Crippen LogP contribution < -0.4 is 5.32 Å². The van der Waals surface area contributed by atoms with Crippen molar-refractivity contribution in [3.63, 3.8) is 0 Å². The third kappa shape index (κ3) is 1.84. The van der Waals surface area contributed by atoms with Crippen molar-refractivity contribution in [2.24, 2.45) is 0 Å². The minimum Gasteiger partial charge on any atom is -0.377 e. The monoisotopic (exact) mass is 245 g/mol. The van der Waals surface area contributed by atoms with Gasteiger partial charge in [0.05, 0.1) is 24.9 Å². The normalized spacial score (nSPS) is 16.8. The molecule has 0 unspecified atom stereocenters. The summed E-state index contributed by atoms with van der Waals surface area (Å²) in [5.41, 5.74) is 0.524. The maximum atomic E-state index is 13.2. The van der Waals surface area contributed by atoms with Gasteiger partial charge in [-0.2, -0.15) is 0 Å². The number of anilines is 1. The summed E-state index contributed by atoms with van der Waals surface area (Å²) < 4.78 is 19.0. The molecule has 1 N–H and O–H groups in total. The molecule has 0 spiro atoms. The Kier molecular flexibility index (Phi) is 2.51. The molecule has 0 radical (unpaired) electrons. The van der Waals surface area contributed by atoms with Gasteiger partial charge in [0.15, 0.2) is 0 Å². The predicted octanol–water partition coefficient (Wildman–Crippen LogP) is 2.40. The maximum absolute atomic E-state index is 13.2. The number of ether oxygens (including phenoxy) is 1. The van der Waals surface area contributed by atoms with Crippen LogP contribution in [0.25, 0.3) is 0 Å². The van der Waals surface area contributed by atoms with Crippen LogP contribution in [0.5, 0.6) is 0 Å². The molecule has 0 saturated carbocycles. The molecule has 2 nitrogen and oxygen atoms in total. The fourth-order valence-electron chi connectivity index (χ4n) is 1.16. The Bertz CT molecular complexity index is 294. The first kappa shape index (κ1) is 8.97. The molecule has 70 valence electrons. The molecule has 0 atom stereocenters. The molecule has 13 heavy (non-hydrogen) atoms. The minimum atomic E-state index is -0.235. The van der Waals surface area contributed by atoms with Gasteiger partial charge in [-0.05, 0) is 28.1 Å². The standard InChI is InChI=1S/C9H9BrFNO/c10-7-2-1-3-8(11)9(7)12-6-4-13-5-6/h1-3,6,12H,4-5H2. The van der Waals surface area contributed by atoms with E-state index in [4.69, 9.17) is 4.74 Å². The van der Waals surface area contributed by atoms with Gasteiger partial charge in [0.2, 0.25) is 0 Å². The number of hydrogen-bond donors (Lipinski definition) is 1. The molecule has 1 aromatic carbocycles. The number of hydrogen-bond acceptors (Lipinski definition) is 2. The number of rotatable bonds is 2. The van der Waals surface area contributed by atoms with Crippen LogP contribution >= 0.6 is 15.9 Å². The summed E-state index contributed by atoms with van der Waals surface area (Å²) in [4.78, 5) is 0. The van der Waals surface area contributed by atoms with E-state index in [1.807, 2.05) is 6.07 Å². The van der Waals surface area contributed by atoms with Gasteiger partial charge in [0.1, 0.15) is 5.82 Å². The molecule has 1 aliphatic heterocycles. The Morgan fingerprint density at radius 1 is 1.46 bits per heavy atom. The Morgan fingerprint density at radius 2 is 2.23 bits per heavy atom. The molecule has 1 saturated heterocycles. The van der Waals surface area contributed by atoms with Crippen molar-refractivity contribution in [3.8, 4) is 0 Å². The Hall–Kier alpha value is -0.610. The van der Waals surface area contributed by atoms with Crippen molar-refractivity contribution >= 4 is 21.6 Å². The van der Waals surface area contributed by atoms with E-state index in [0.29, 0.717) is 18.9 Å². The molecule has 1 heterocycles. The van der Waals surface area contributed by atoms with Gasteiger partial charge in [-0.25, -0.2) is 4.39 Å². The maximum Gasteiger partial charge on any atom is 0.147 e. The average Bonchev–Trinajstić information content (AvgIpc) is 2.00. The summed E-state index contributed by atoms with van der Waals surface area (Å²) >= 11 is 3.29. The van der Waals surface area contributed by atoms with Crippen molar-refractivity contribution in [1.82, 2.24) is 0 Å². The number of benzene rings is 1. The van der Waals surface area contributed by atoms with Gasteiger partial charge in [-0.3, -0.25) is 0 Å². The van der Waals surface area contributed by atoms with E-state index in [-0.39, 0.29) is 11.9 Å². The summed E-state index contributed by atoms with van der Waals surface area (Å²) in [5.74, 6) is -0.235. The van der Waals surface area contributed by atoms with Gasteiger partial charge < -0.3 is 10.1 Å². The molecule has 2 rings (SSSR count). The quantitative estimate of drug-likeness (QED) is 0.865. The molecule has 4 heteroatoms. The van der Waals surface area contributed by atoms with Crippen LogP contribution in [0.3, 0.4) is 0 Å². The highest BCUT2D eigenvalue weighted by molar-refractivity contribution is 9.10. The average molecular weight is 246 g/mol. The smallest absolute Gasteiger partial charge is 0.147 e. The summed E-state index contributed by atoms with van der Waals surface area (Å²) in [5, 5.41) is 3.07. The van der Waals surface area contributed by atoms with E-state index in [1.54, 1.807) is 6.07 Å². The molecule has 1 fully saturated rings. The second kappa shape index (κ2) is 3.64. The summed E-state index contributed by atoms with van der Waals surface area (Å²) in [7, 11) is 0. The number of nitrogens with one attached hydrogen (secondary N) is 1. The van der Waals surface area contributed by atoms with Crippen LogP contribution in [0, 0.1) is 5.82 Å². The largest absolute Gasteiger partial charge is 0.377 e. The van der Waals surface area contributed by atoms with E-state index < -0.39 is 0 Å². The van der Waals surface area contributed by atoms with Crippen LogP contribution in [0.4, 0.5) is 10.1 Å². The lowest BCUT2D eigenvalue weighted by molar-refractivity contribution is 0.0209. The summed E-state index contributed by atoms with van der Waals surface area (Å²) in [6, 6.07) is 5.16. The van der Waals surface area contributed by atoms with Crippen molar-refractivity contribution in [2.45, 2.75) is 6.04 Å². The zero-order valence-corrected chi connectivity index (χ0v) is 8.47. The van der Waals surface area contributed by atoms with Crippen LogP contribution in [0.1, 0.15) is 0 Å². The molecule has 0 amide bonds. The highest BCUT2D eigenvalue weighted by atomic mass is 79.9. The molecule has 0 aromatic heterocycles. The molecule has 1 aromatic rings. The third-order valence-corrected chi connectivity index (χ3v) is 2.61. The fraction of sp³-hybridized carbons (Fsp3) is 0.333. The second-order valence-corrected chi connectivity index (χ2v) is 3.83. The third-order valence-electron chi connectivity index (χ3n) is 1.95. The van der Waals surface area contributed by atoms with Crippen molar-refractivity contribution in [1.29, 1.82) is 0 Å². The molecular formula is C9H9BrFNO. The highest BCUT2D eigenvalue weighted by Crippen LogP contribution is 2.26. The van der Waals surface area contributed by atoms with E-state index in [9.17, 15) is 4.39 Å². The Balaban J connectivity index is 2.17. The number of para-hydroxylation sites is 1. The first-order valence-electron chi connectivity index (χ1n) is 4.05. The van der Waals surface area contributed by atoms with Crippen LogP contribution in [-0.2, 0) is 4.74 Å². The lowest BCUT2D eigenvalue weighted by Gasteiger charge is -2.28. The van der Waals surface area contributed by atoms with E-state index in [0.717, 1.165) is 4.47 Å². The molecule has 0 aliphatic carbocycles. The van der Waals surface area contributed by atoms with E-state index >= 15 is 0 Å². The lowest BCUT2D eigenvalue weighted by atomic mass is 10.2. The zero-order valence-electron chi connectivity index (χ0n) is 6.89. The summed E-state index contributed by atoms with van der Waals surface area (Å²) in [6.07, 6.45) is 0. The van der Waals surface area contributed by atoms with Crippen molar-refractivity contribution in [2.75, 3.05) is 18.5 Å². The van der Waals surface area contributed by atoms with E-state index in [2.05, 4.69) is 21.2 Å². The first-order chi connectivity index (χ1) is 6.27. The van der Waals surface area contributed by atoms with Gasteiger partial charge in [-0.15, -0.1) is 0 Å². The van der Waals surface area contributed by atoms with Crippen molar-refractivity contribution in [3.05, 3.63) is 28.5 Å². The highest BCUT2D eigenvalue weighted by Gasteiger charge is 2.20. The summed E-state index contributed by atoms with van der Waals surface area (Å²) in [6.45, 7) is 1.31. The predicted molar refractivity (Wildman–Crippen MR) is 52.3 cm³/mol. The second-order valence-electron chi connectivity index (χ2n) is 2.98. The SMILES string of the molecule is Fc1cccc(Br)c1NC1COC1. The van der Waals surface area contributed by atoms with Gasteiger partial charge in [-0.1, -0.05) is 6.07 Å². The lowest BCUT2D eigenvalue weighted by Crippen LogP contribution is -2.40. The van der Waals surface area contributed by atoms with Gasteiger partial charge in [0.25, 0.3) is 0 Å². The molecule has 0 bridgehead atoms. The fourth-order valence-corrected chi connectivity index (χ4v) is 1.62. The Labute approximate surface area is 84.2 Å².